The predicted molar refractivity (Wildman–Crippen MR) is 116 cm³/mol. The molecule has 2 aromatic carbocycles. The predicted octanol–water partition coefficient (Wildman–Crippen LogP) is 2.34. The molecule has 0 aromatic heterocycles. The molecule has 0 aliphatic heterocycles. The van der Waals surface area contributed by atoms with Gasteiger partial charge in [-0.2, -0.15) is 0 Å². The molecular weight excluding hydrogens is 402 g/mol. The number of benzene rings is 2. The number of methoxy groups -OCH3 is 1. The molecule has 0 aliphatic carbocycles. The SMILES string of the molecule is COc1cc(C=CC(=O)N(C)CC(OCCOCCO)c2ccc(O)cc2)ccc1O. The van der Waals surface area contributed by atoms with E-state index in [2.05, 4.69) is 0 Å². The summed E-state index contributed by atoms with van der Waals surface area (Å²) in [7, 11) is 3.13. The van der Waals surface area contributed by atoms with Gasteiger partial charge >= 0.3 is 0 Å². The van der Waals surface area contributed by atoms with Crippen LogP contribution in [0.4, 0.5) is 0 Å². The Kier molecular flexibility index (Phi) is 9.83. The van der Waals surface area contributed by atoms with Gasteiger partial charge in [-0.1, -0.05) is 18.2 Å². The number of amides is 1. The molecule has 0 bridgehead atoms. The highest BCUT2D eigenvalue weighted by Crippen LogP contribution is 2.27. The maximum atomic E-state index is 12.6. The number of aromatic hydroxyl groups is 2. The highest BCUT2D eigenvalue weighted by Gasteiger charge is 2.17. The Morgan fingerprint density at radius 1 is 1.10 bits per heavy atom. The van der Waals surface area contributed by atoms with Crippen LogP contribution < -0.4 is 4.74 Å². The first-order valence-corrected chi connectivity index (χ1v) is 9.84. The lowest BCUT2D eigenvalue weighted by Gasteiger charge is -2.24. The summed E-state index contributed by atoms with van der Waals surface area (Å²) in [5, 5.41) is 28.0. The third-order valence-electron chi connectivity index (χ3n) is 4.49. The normalized spacial score (nSPS) is 12.1. The van der Waals surface area contributed by atoms with Crippen molar-refractivity contribution in [2.75, 3.05) is 47.1 Å². The van der Waals surface area contributed by atoms with E-state index in [0.717, 1.165) is 5.56 Å². The fraction of sp³-hybridized carbons (Fsp3) is 0.348. The number of phenols is 2. The number of carbonyl (C=O) groups excluding carboxylic acids is 1. The van der Waals surface area contributed by atoms with Gasteiger partial charge in [0.15, 0.2) is 11.5 Å². The molecule has 1 atom stereocenters. The summed E-state index contributed by atoms with van der Waals surface area (Å²) in [6.07, 6.45) is 2.65. The smallest absolute Gasteiger partial charge is 0.246 e. The van der Waals surface area contributed by atoms with Crippen LogP contribution in [0.1, 0.15) is 17.2 Å². The van der Waals surface area contributed by atoms with Gasteiger partial charge in [-0.05, 0) is 41.5 Å². The maximum absolute atomic E-state index is 12.6. The standard InChI is InChI=1S/C23H29NO7/c1-24(23(28)10-4-17-3-9-20(27)21(15-17)29-2)16-22(31-14-13-30-12-11-25)18-5-7-19(26)8-6-18/h3-10,15,22,25-27H,11-14,16H2,1-2H3. The van der Waals surface area contributed by atoms with E-state index in [-0.39, 0.29) is 43.8 Å². The van der Waals surface area contributed by atoms with Gasteiger partial charge in [-0.15, -0.1) is 0 Å². The number of phenolic OH excluding ortho intramolecular Hbond substituents is 2. The van der Waals surface area contributed by atoms with E-state index in [0.29, 0.717) is 17.9 Å². The van der Waals surface area contributed by atoms with Crippen LogP contribution in [-0.2, 0) is 14.3 Å². The molecular formula is C23H29NO7. The van der Waals surface area contributed by atoms with Gasteiger partial charge in [0.25, 0.3) is 0 Å². The van der Waals surface area contributed by atoms with Crippen LogP contribution in [0.25, 0.3) is 6.08 Å². The molecule has 3 N–H and O–H groups in total. The Hall–Kier alpha value is -3.07. The Balaban J connectivity index is 2.02. The minimum atomic E-state index is -0.422. The fourth-order valence-corrected chi connectivity index (χ4v) is 2.79. The first-order chi connectivity index (χ1) is 14.9. The van der Waals surface area contributed by atoms with Crippen LogP contribution in [0, 0.1) is 0 Å². The molecule has 0 aliphatic rings. The monoisotopic (exact) mass is 431 g/mol. The largest absolute Gasteiger partial charge is 0.508 e. The third-order valence-corrected chi connectivity index (χ3v) is 4.49. The van der Waals surface area contributed by atoms with Crippen molar-refractivity contribution in [2.24, 2.45) is 0 Å². The lowest BCUT2D eigenvalue weighted by atomic mass is 10.1. The summed E-state index contributed by atoms with van der Waals surface area (Å²) in [4.78, 5) is 14.1. The van der Waals surface area contributed by atoms with Gasteiger partial charge in [0, 0.05) is 13.1 Å². The van der Waals surface area contributed by atoms with Crippen LogP contribution in [0.5, 0.6) is 17.2 Å². The molecule has 0 spiro atoms. The Labute approximate surface area is 181 Å². The van der Waals surface area contributed by atoms with Crippen LogP contribution in [0.2, 0.25) is 0 Å². The highest BCUT2D eigenvalue weighted by molar-refractivity contribution is 5.91. The number of aliphatic hydroxyl groups excluding tert-OH is 1. The number of likely N-dealkylation sites (N-methyl/N-ethyl adjacent to an activating group) is 1. The summed E-state index contributed by atoms with van der Waals surface area (Å²) >= 11 is 0. The number of ether oxygens (including phenoxy) is 3. The second-order valence-electron chi connectivity index (χ2n) is 6.77. The van der Waals surface area contributed by atoms with Crippen molar-refractivity contribution in [2.45, 2.75) is 6.10 Å². The zero-order chi connectivity index (χ0) is 22.6. The van der Waals surface area contributed by atoms with Gasteiger partial charge in [-0.25, -0.2) is 0 Å². The molecule has 8 nitrogen and oxygen atoms in total. The van der Waals surface area contributed by atoms with Crippen molar-refractivity contribution in [1.82, 2.24) is 4.90 Å². The van der Waals surface area contributed by atoms with E-state index in [1.807, 2.05) is 0 Å². The van der Waals surface area contributed by atoms with Crippen LogP contribution >= 0.6 is 0 Å². The summed E-state index contributed by atoms with van der Waals surface area (Å²) in [6.45, 7) is 1.06. The minimum absolute atomic E-state index is 0.0277. The molecule has 0 radical (unpaired) electrons. The zero-order valence-electron chi connectivity index (χ0n) is 17.7. The number of aliphatic hydroxyl groups is 1. The highest BCUT2D eigenvalue weighted by atomic mass is 16.5. The van der Waals surface area contributed by atoms with Crippen molar-refractivity contribution < 1.29 is 34.3 Å². The van der Waals surface area contributed by atoms with E-state index in [9.17, 15) is 15.0 Å². The molecule has 1 unspecified atom stereocenters. The van der Waals surface area contributed by atoms with Crippen molar-refractivity contribution in [3.05, 3.63) is 59.7 Å². The number of nitrogens with zero attached hydrogens (tertiary/aromatic N) is 1. The molecule has 0 heterocycles. The number of hydrogen-bond donors (Lipinski definition) is 3. The zero-order valence-corrected chi connectivity index (χ0v) is 17.7. The third kappa shape index (κ3) is 7.93. The molecule has 168 valence electrons. The second kappa shape index (κ2) is 12.6. The van der Waals surface area contributed by atoms with Crippen LogP contribution in [0.3, 0.4) is 0 Å². The molecule has 0 fully saturated rings. The van der Waals surface area contributed by atoms with E-state index < -0.39 is 6.10 Å². The van der Waals surface area contributed by atoms with Crippen molar-refractivity contribution in [3.8, 4) is 17.2 Å². The van der Waals surface area contributed by atoms with Crippen LogP contribution in [0.15, 0.2) is 48.5 Å². The van der Waals surface area contributed by atoms with E-state index >= 15 is 0 Å². The molecule has 2 rings (SSSR count). The number of rotatable bonds is 12. The Morgan fingerprint density at radius 2 is 1.84 bits per heavy atom. The number of hydrogen-bond acceptors (Lipinski definition) is 7. The van der Waals surface area contributed by atoms with Gasteiger partial charge < -0.3 is 34.4 Å². The number of carbonyl (C=O) groups is 1. The minimum Gasteiger partial charge on any atom is -0.508 e. The second-order valence-corrected chi connectivity index (χ2v) is 6.77. The lowest BCUT2D eigenvalue weighted by molar-refractivity contribution is -0.126. The van der Waals surface area contributed by atoms with E-state index in [4.69, 9.17) is 19.3 Å². The maximum Gasteiger partial charge on any atom is 0.246 e. The molecule has 0 saturated carbocycles. The molecule has 31 heavy (non-hydrogen) atoms. The van der Waals surface area contributed by atoms with Crippen molar-refractivity contribution >= 4 is 12.0 Å². The molecule has 1 amide bonds. The first-order valence-electron chi connectivity index (χ1n) is 9.84. The van der Waals surface area contributed by atoms with E-state index in [1.165, 1.54) is 24.2 Å². The summed E-state index contributed by atoms with van der Waals surface area (Å²) in [5.74, 6) is 0.272. The van der Waals surface area contributed by atoms with Crippen molar-refractivity contribution in [3.63, 3.8) is 0 Å². The van der Waals surface area contributed by atoms with Crippen molar-refractivity contribution in [1.29, 1.82) is 0 Å². The average molecular weight is 431 g/mol. The van der Waals surface area contributed by atoms with E-state index in [1.54, 1.807) is 49.5 Å². The summed E-state index contributed by atoms with van der Waals surface area (Å²) < 4.78 is 16.2. The topological polar surface area (TPSA) is 109 Å². The summed E-state index contributed by atoms with van der Waals surface area (Å²) in [5.41, 5.74) is 1.52. The average Bonchev–Trinajstić information content (AvgIpc) is 2.77. The molecule has 0 saturated heterocycles. The summed E-state index contributed by atoms with van der Waals surface area (Å²) in [6, 6.07) is 11.4. The lowest BCUT2D eigenvalue weighted by Crippen LogP contribution is -2.31. The molecule has 2 aromatic rings. The molecule has 8 heteroatoms. The van der Waals surface area contributed by atoms with Gasteiger partial charge in [-0.3, -0.25) is 4.79 Å². The van der Waals surface area contributed by atoms with Gasteiger partial charge in [0.2, 0.25) is 5.91 Å². The first kappa shape index (κ1) is 24.2. The van der Waals surface area contributed by atoms with Crippen LogP contribution in [-0.4, -0.2) is 73.3 Å². The Bertz CT molecular complexity index is 852. The Morgan fingerprint density at radius 3 is 2.52 bits per heavy atom. The van der Waals surface area contributed by atoms with Gasteiger partial charge in [0.1, 0.15) is 11.9 Å². The quantitative estimate of drug-likeness (QED) is 0.350. The van der Waals surface area contributed by atoms with Gasteiger partial charge in [0.05, 0.1) is 40.1 Å². The fourth-order valence-electron chi connectivity index (χ4n) is 2.79.